The van der Waals surface area contributed by atoms with Gasteiger partial charge in [0.05, 0.1) is 11.1 Å². The van der Waals surface area contributed by atoms with Crippen LogP contribution in [0.1, 0.15) is 31.1 Å². The fourth-order valence-electron chi connectivity index (χ4n) is 1.99. The third-order valence-electron chi connectivity index (χ3n) is 2.98. The van der Waals surface area contributed by atoms with Crippen LogP contribution in [0, 0.1) is 0 Å². The number of anilines is 1. The van der Waals surface area contributed by atoms with Gasteiger partial charge in [-0.25, -0.2) is 4.98 Å². The number of nitrogens with one attached hydrogen (secondary N) is 2. The topological polar surface area (TPSA) is 88.2 Å². The molecule has 0 saturated heterocycles. The number of hydrogen-bond acceptors (Lipinski definition) is 4. The van der Waals surface area contributed by atoms with Crippen LogP contribution in [0.4, 0.5) is 5.69 Å². The van der Waals surface area contributed by atoms with Crippen molar-refractivity contribution >= 4 is 39.3 Å². The van der Waals surface area contributed by atoms with E-state index < -0.39 is 11.8 Å². The van der Waals surface area contributed by atoms with E-state index in [1.807, 2.05) is 0 Å². The first kappa shape index (κ1) is 13.4. The maximum absolute atomic E-state index is 12.1. The number of carbonyl (C=O) groups excluding carboxylic acids is 3. The molecule has 2 N–H and O–H groups in total. The highest BCUT2D eigenvalue weighted by atomic mass is 79.9. The Bertz CT molecular complexity index is 789. The Balaban J connectivity index is 1.86. The Hall–Kier alpha value is -2.54. The Morgan fingerprint density at radius 2 is 1.86 bits per heavy atom. The Labute approximate surface area is 127 Å². The summed E-state index contributed by atoms with van der Waals surface area (Å²) >= 11 is 3.19. The molecule has 1 aromatic carbocycles. The predicted octanol–water partition coefficient (Wildman–Crippen LogP) is 1.98. The average Bonchev–Trinajstić information content (AvgIpc) is 2.74. The lowest BCUT2D eigenvalue weighted by molar-refractivity contribution is 0.0878. The highest BCUT2D eigenvalue weighted by Crippen LogP contribution is 2.21. The van der Waals surface area contributed by atoms with Crippen LogP contribution in [-0.2, 0) is 0 Å². The Morgan fingerprint density at radius 3 is 2.62 bits per heavy atom. The van der Waals surface area contributed by atoms with Gasteiger partial charge in [0.15, 0.2) is 0 Å². The van der Waals surface area contributed by atoms with E-state index in [-0.39, 0.29) is 11.5 Å². The number of amides is 3. The zero-order chi connectivity index (χ0) is 15.0. The molecule has 3 rings (SSSR count). The molecule has 1 aliphatic rings. The molecule has 0 saturated carbocycles. The molecular formula is C14H8BrN3O3. The van der Waals surface area contributed by atoms with Crippen molar-refractivity contribution in [2.24, 2.45) is 0 Å². The SMILES string of the molecule is O=C(Nc1ccc2c(c1)C(=O)NC2=O)c1ccnc(Br)c1. The molecule has 0 atom stereocenters. The van der Waals surface area contributed by atoms with Crippen molar-refractivity contribution < 1.29 is 14.4 Å². The van der Waals surface area contributed by atoms with Crippen molar-refractivity contribution in [2.45, 2.75) is 0 Å². The third kappa shape index (κ3) is 2.55. The molecule has 0 spiro atoms. The van der Waals surface area contributed by atoms with Gasteiger partial charge in [-0.1, -0.05) is 0 Å². The van der Waals surface area contributed by atoms with Crippen molar-refractivity contribution in [3.05, 3.63) is 57.8 Å². The van der Waals surface area contributed by atoms with E-state index in [1.54, 1.807) is 18.2 Å². The normalized spacial score (nSPS) is 12.8. The number of benzene rings is 1. The number of pyridine rings is 1. The van der Waals surface area contributed by atoms with Gasteiger partial charge >= 0.3 is 0 Å². The largest absolute Gasteiger partial charge is 0.322 e. The lowest BCUT2D eigenvalue weighted by Crippen LogP contribution is -2.19. The molecule has 0 fully saturated rings. The summed E-state index contributed by atoms with van der Waals surface area (Å²) in [5, 5.41) is 4.87. The van der Waals surface area contributed by atoms with E-state index in [0.717, 1.165) is 0 Å². The third-order valence-corrected chi connectivity index (χ3v) is 3.42. The summed E-state index contributed by atoms with van der Waals surface area (Å²) < 4.78 is 0.550. The zero-order valence-corrected chi connectivity index (χ0v) is 12.1. The second-order valence-corrected chi connectivity index (χ2v) is 5.18. The summed E-state index contributed by atoms with van der Waals surface area (Å²) in [6.07, 6.45) is 1.51. The van der Waals surface area contributed by atoms with Gasteiger partial charge in [0.2, 0.25) is 0 Å². The van der Waals surface area contributed by atoms with Gasteiger partial charge in [-0.05, 0) is 46.3 Å². The second kappa shape index (κ2) is 5.10. The molecule has 1 aromatic heterocycles. The minimum absolute atomic E-state index is 0.258. The number of halogens is 1. The van der Waals surface area contributed by atoms with Crippen molar-refractivity contribution in [2.75, 3.05) is 5.32 Å². The number of nitrogens with zero attached hydrogens (tertiary/aromatic N) is 1. The minimum atomic E-state index is -0.460. The number of rotatable bonds is 2. The van der Waals surface area contributed by atoms with Crippen LogP contribution in [0.25, 0.3) is 0 Å². The summed E-state index contributed by atoms with van der Waals surface area (Å²) in [6, 6.07) is 7.71. The fourth-order valence-corrected chi connectivity index (χ4v) is 2.36. The number of imide groups is 1. The molecule has 1 aliphatic heterocycles. The lowest BCUT2D eigenvalue weighted by atomic mass is 10.1. The molecule has 0 bridgehead atoms. The quantitative estimate of drug-likeness (QED) is 0.643. The van der Waals surface area contributed by atoms with Crippen molar-refractivity contribution in [1.82, 2.24) is 10.3 Å². The van der Waals surface area contributed by atoms with Gasteiger partial charge in [0.25, 0.3) is 17.7 Å². The Morgan fingerprint density at radius 1 is 1.10 bits per heavy atom. The van der Waals surface area contributed by atoms with Crippen LogP contribution in [0.3, 0.4) is 0 Å². The predicted molar refractivity (Wildman–Crippen MR) is 78.1 cm³/mol. The van der Waals surface area contributed by atoms with Crippen LogP contribution in [0.5, 0.6) is 0 Å². The van der Waals surface area contributed by atoms with E-state index in [1.165, 1.54) is 18.3 Å². The number of fused-ring (bicyclic) bond motifs is 1. The van der Waals surface area contributed by atoms with E-state index in [0.29, 0.717) is 21.4 Å². The molecule has 3 amide bonds. The Kier molecular flexibility index (Phi) is 3.26. The molecule has 104 valence electrons. The number of aromatic nitrogens is 1. The first-order valence-electron chi connectivity index (χ1n) is 5.97. The first-order valence-corrected chi connectivity index (χ1v) is 6.76. The van der Waals surface area contributed by atoms with Crippen molar-refractivity contribution in [3.63, 3.8) is 0 Å². The van der Waals surface area contributed by atoms with Crippen LogP contribution in [0.15, 0.2) is 41.1 Å². The van der Waals surface area contributed by atoms with Gasteiger partial charge < -0.3 is 5.32 Å². The van der Waals surface area contributed by atoms with Crippen LogP contribution in [0.2, 0.25) is 0 Å². The summed E-state index contributed by atoms with van der Waals surface area (Å²) in [6.45, 7) is 0. The molecule has 0 aliphatic carbocycles. The highest BCUT2D eigenvalue weighted by Gasteiger charge is 2.26. The molecule has 21 heavy (non-hydrogen) atoms. The molecule has 6 nitrogen and oxygen atoms in total. The van der Waals surface area contributed by atoms with E-state index >= 15 is 0 Å². The van der Waals surface area contributed by atoms with Crippen LogP contribution in [-0.4, -0.2) is 22.7 Å². The molecule has 7 heteroatoms. The fraction of sp³-hybridized carbons (Fsp3) is 0. The van der Waals surface area contributed by atoms with E-state index in [4.69, 9.17) is 0 Å². The summed E-state index contributed by atoms with van der Waals surface area (Å²) in [7, 11) is 0. The van der Waals surface area contributed by atoms with Gasteiger partial charge in [-0.2, -0.15) is 0 Å². The minimum Gasteiger partial charge on any atom is -0.322 e. The highest BCUT2D eigenvalue weighted by molar-refractivity contribution is 9.10. The summed E-state index contributed by atoms with van der Waals surface area (Å²) in [4.78, 5) is 39.0. The number of hydrogen-bond donors (Lipinski definition) is 2. The van der Waals surface area contributed by atoms with Gasteiger partial charge in [0, 0.05) is 17.4 Å². The standard InChI is InChI=1S/C14H8BrN3O3/c15-11-5-7(3-4-16-11)12(19)17-8-1-2-9-10(6-8)14(21)18-13(9)20/h1-6H,(H,17,19)(H,18,20,21). The van der Waals surface area contributed by atoms with Crippen LogP contribution >= 0.6 is 15.9 Å². The summed E-state index contributed by atoms with van der Waals surface area (Å²) in [5.74, 6) is -1.22. The monoisotopic (exact) mass is 345 g/mol. The lowest BCUT2D eigenvalue weighted by Gasteiger charge is -2.06. The van der Waals surface area contributed by atoms with Crippen molar-refractivity contribution in [3.8, 4) is 0 Å². The number of carbonyl (C=O) groups is 3. The molecule has 2 heterocycles. The van der Waals surface area contributed by atoms with E-state index in [2.05, 4.69) is 31.5 Å². The van der Waals surface area contributed by atoms with Crippen LogP contribution < -0.4 is 10.6 Å². The molecular weight excluding hydrogens is 338 g/mol. The zero-order valence-electron chi connectivity index (χ0n) is 10.5. The summed E-state index contributed by atoms with van der Waals surface area (Å²) in [5.41, 5.74) is 1.44. The van der Waals surface area contributed by atoms with Gasteiger partial charge in [0.1, 0.15) is 4.60 Å². The van der Waals surface area contributed by atoms with E-state index in [9.17, 15) is 14.4 Å². The smallest absolute Gasteiger partial charge is 0.259 e. The molecule has 0 unspecified atom stereocenters. The molecule has 0 radical (unpaired) electrons. The maximum atomic E-state index is 12.1. The first-order chi connectivity index (χ1) is 10.0. The molecule has 2 aromatic rings. The second-order valence-electron chi connectivity index (χ2n) is 4.36. The van der Waals surface area contributed by atoms with Crippen molar-refractivity contribution in [1.29, 1.82) is 0 Å². The average molecular weight is 346 g/mol. The maximum Gasteiger partial charge on any atom is 0.259 e. The van der Waals surface area contributed by atoms with Gasteiger partial charge in [-0.3, -0.25) is 19.7 Å². The van der Waals surface area contributed by atoms with Gasteiger partial charge in [-0.15, -0.1) is 0 Å².